The number of benzene rings is 2. The van der Waals surface area contributed by atoms with Gasteiger partial charge in [0.1, 0.15) is 0 Å². The van der Waals surface area contributed by atoms with E-state index in [-0.39, 0.29) is 47.5 Å². The maximum Gasteiger partial charge on any atom is 0.261 e. The van der Waals surface area contributed by atoms with Gasteiger partial charge < -0.3 is 0 Å². The third-order valence-corrected chi connectivity index (χ3v) is 9.95. The molecule has 0 radical (unpaired) electrons. The summed E-state index contributed by atoms with van der Waals surface area (Å²) in [5, 5.41) is 0.943. The fraction of sp³-hybridized carbons (Fsp3) is 0.533. The standard InChI is InChI=1S/C30H34N2O4/c1-15-7-5-9-23(17(15)3)31-27(33)19-11-13-21-26-22(14-12-20(25(19)26)28(31)34)30(36)32(29(21)35)24-10-6-8-16(2)18(24)4/h11-18,23-24H,5-10H2,1-4H3/t15-,16+,17+,18-,23+,24-. The summed E-state index contributed by atoms with van der Waals surface area (Å²) in [4.78, 5) is 58.0. The van der Waals surface area contributed by atoms with Crippen molar-refractivity contribution in [3.63, 3.8) is 0 Å². The summed E-state index contributed by atoms with van der Waals surface area (Å²) in [6.07, 6.45) is 5.80. The zero-order chi connectivity index (χ0) is 25.5. The number of carbonyl (C=O) groups is 4. The van der Waals surface area contributed by atoms with E-state index < -0.39 is 0 Å². The second-order valence-corrected chi connectivity index (χ2v) is 11.7. The lowest BCUT2D eigenvalue weighted by atomic mass is 9.75. The summed E-state index contributed by atoms with van der Waals surface area (Å²) >= 11 is 0. The second-order valence-electron chi connectivity index (χ2n) is 11.7. The maximum atomic E-state index is 13.8. The molecule has 2 aliphatic heterocycles. The highest BCUT2D eigenvalue weighted by Crippen LogP contribution is 2.43. The van der Waals surface area contributed by atoms with Crippen molar-refractivity contribution in [2.24, 2.45) is 23.7 Å². The second kappa shape index (κ2) is 8.25. The first-order valence-corrected chi connectivity index (χ1v) is 13.6. The lowest BCUT2D eigenvalue weighted by Crippen LogP contribution is -2.53. The van der Waals surface area contributed by atoms with Crippen molar-refractivity contribution in [1.29, 1.82) is 0 Å². The zero-order valence-electron chi connectivity index (χ0n) is 21.5. The van der Waals surface area contributed by atoms with Gasteiger partial charge in [0.05, 0.1) is 0 Å². The minimum absolute atomic E-state index is 0.141. The largest absolute Gasteiger partial charge is 0.271 e. The molecule has 188 valence electrons. The van der Waals surface area contributed by atoms with Crippen LogP contribution in [0.1, 0.15) is 108 Å². The lowest BCUT2D eigenvalue weighted by molar-refractivity contribution is 0.0365. The van der Waals surface area contributed by atoms with Crippen molar-refractivity contribution in [2.75, 3.05) is 0 Å². The van der Waals surface area contributed by atoms with Gasteiger partial charge in [-0.25, -0.2) is 0 Å². The number of hydrogen-bond acceptors (Lipinski definition) is 4. The van der Waals surface area contributed by atoms with E-state index in [4.69, 9.17) is 0 Å². The molecule has 4 amide bonds. The highest BCUT2D eigenvalue weighted by atomic mass is 16.2. The Morgan fingerprint density at radius 3 is 1.14 bits per heavy atom. The van der Waals surface area contributed by atoms with E-state index in [1.807, 2.05) is 0 Å². The van der Waals surface area contributed by atoms with Crippen molar-refractivity contribution >= 4 is 34.4 Å². The van der Waals surface area contributed by atoms with Gasteiger partial charge in [0.2, 0.25) is 0 Å². The normalized spacial score (nSPS) is 32.4. The molecular weight excluding hydrogens is 452 g/mol. The van der Waals surface area contributed by atoms with Crippen LogP contribution < -0.4 is 0 Å². The maximum absolute atomic E-state index is 13.8. The summed E-state index contributed by atoms with van der Waals surface area (Å²) in [6, 6.07) is 6.51. The monoisotopic (exact) mass is 486 g/mol. The molecule has 0 bridgehead atoms. The Bertz CT molecular complexity index is 1160. The van der Waals surface area contributed by atoms with Gasteiger partial charge in [-0.2, -0.15) is 0 Å². The van der Waals surface area contributed by atoms with Gasteiger partial charge in [0.15, 0.2) is 0 Å². The molecule has 0 aromatic heterocycles. The Kier molecular flexibility index (Phi) is 5.36. The number of rotatable bonds is 2. The van der Waals surface area contributed by atoms with E-state index in [9.17, 15) is 19.2 Å². The number of nitrogens with zero attached hydrogens (tertiary/aromatic N) is 2. The highest BCUT2D eigenvalue weighted by molar-refractivity contribution is 6.33. The number of hydrogen-bond donors (Lipinski definition) is 0. The Hall–Kier alpha value is -3.02. The Labute approximate surface area is 212 Å². The summed E-state index contributed by atoms with van der Waals surface area (Å²) in [5.41, 5.74) is 1.68. The summed E-state index contributed by atoms with van der Waals surface area (Å²) < 4.78 is 0. The first-order chi connectivity index (χ1) is 17.2. The first-order valence-electron chi connectivity index (χ1n) is 13.6. The molecule has 2 aromatic rings. The van der Waals surface area contributed by atoms with Crippen LogP contribution in [0.4, 0.5) is 0 Å². The third kappa shape index (κ3) is 3.09. The van der Waals surface area contributed by atoms with Crippen molar-refractivity contribution in [2.45, 2.75) is 78.3 Å². The summed E-state index contributed by atoms with van der Waals surface area (Å²) in [5.74, 6) is 0.0895. The molecule has 0 N–H and O–H groups in total. The van der Waals surface area contributed by atoms with Gasteiger partial charge in [0.25, 0.3) is 23.6 Å². The molecule has 36 heavy (non-hydrogen) atoms. The van der Waals surface area contributed by atoms with Gasteiger partial charge in [-0.15, -0.1) is 0 Å². The highest BCUT2D eigenvalue weighted by Gasteiger charge is 2.46. The van der Waals surface area contributed by atoms with Crippen LogP contribution in [-0.4, -0.2) is 45.5 Å². The molecular formula is C30H34N2O4. The average molecular weight is 487 g/mol. The van der Waals surface area contributed by atoms with Crippen molar-refractivity contribution in [3.8, 4) is 0 Å². The molecule has 2 saturated carbocycles. The van der Waals surface area contributed by atoms with Gasteiger partial charge in [-0.1, -0.05) is 53.4 Å². The van der Waals surface area contributed by atoms with Crippen molar-refractivity contribution in [1.82, 2.24) is 9.80 Å². The fourth-order valence-electron chi connectivity index (χ4n) is 7.35. The predicted molar refractivity (Wildman–Crippen MR) is 137 cm³/mol. The van der Waals surface area contributed by atoms with Gasteiger partial charge in [-0.3, -0.25) is 29.0 Å². The minimum Gasteiger partial charge on any atom is -0.271 e. The summed E-state index contributed by atoms with van der Waals surface area (Å²) in [7, 11) is 0. The molecule has 0 spiro atoms. The van der Waals surface area contributed by atoms with E-state index >= 15 is 0 Å². The van der Waals surface area contributed by atoms with Crippen LogP contribution >= 0.6 is 0 Å². The molecule has 2 heterocycles. The van der Waals surface area contributed by atoms with Crippen LogP contribution in [0.2, 0.25) is 0 Å². The van der Waals surface area contributed by atoms with E-state index in [0.29, 0.717) is 44.9 Å². The third-order valence-electron chi connectivity index (χ3n) is 9.95. The van der Waals surface area contributed by atoms with Gasteiger partial charge >= 0.3 is 0 Å². The Balaban J connectivity index is 1.47. The van der Waals surface area contributed by atoms with Crippen LogP contribution in [0, 0.1) is 23.7 Å². The van der Waals surface area contributed by atoms with Crippen LogP contribution in [0.25, 0.3) is 10.8 Å². The van der Waals surface area contributed by atoms with Gasteiger partial charge in [0, 0.05) is 45.1 Å². The molecule has 4 aliphatic rings. The van der Waals surface area contributed by atoms with Gasteiger partial charge in [-0.05, 0) is 60.8 Å². The zero-order valence-corrected chi connectivity index (χ0v) is 21.5. The lowest BCUT2D eigenvalue weighted by Gasteiger charge is -2.43. The fourth-order valence-corrected chi connectivity index (χ4v) is 7.35. The van der Waals surface area contributed by atoms with E-state index in [1.54, 1.807) is 24.3 Å². The Morgan fingerprint density at radius 1 is 0.528 bits per heavy atom. The molecule has 2 aromatic carbocycles. The molecule has 2 fully saturated rings. The van der Waals surface area contributed by atoms with Crippen LogP contribution in [0.5, 0.6) is 0 Å². The quantitative estimate of drug-likeness (QED) is 0.512. The van der Waals surface area contributed by atoms with E-state index in [2.05, 4.69) is 27.7 Å². The molecule has 6 heteroatoms. The first kappa shape index (κ1) is 23.4. The smallest absolute Gasteiger partial charge is 0.261 e. The number of imide groups is 2. The molecule has 6 atom stereocenters. The molecule has 0 unspecified atom stereocenters. The number of amides is 4. The SMILES string of the molecule is C[C@H]1[C@H](N2C(=O)c3ccc4c5c(ccc(c35)C2=O)C(=O)N([C@H]2CCC[C@@H](C)[C@@H]2C)C4=O)CCC[C@@H]1C. The minimum atomic E-state index is -0.306. The van der Waals surface area contributed by atoms with Crippen molar-refractivity contribution in [3.05, 3.63) is 46.5 Å². The average Bonchev–Trinajstić information content (AvgIpc) is 2.86. The van der Waals surface area contributed by atoms with Crippen molar-refractivity contribution < 1.29 is 19.2 Å². The molecule has 0 saturated heterocycles. The Morgan fingerprint density at radius 2 is 0.833 bits per heavy atom. The van der Waals surface area contributed by atoms with E-state index in [1.165, 1.54) is 9.80 Å². The topological polar surface area (TPSA) is 74.8 Å². The molecule has 6 rings (SSSR count). The predicted octanol–water partition coefficient (Wildman–Crippen LogP) is 5.68. The summed E-state index contributed by atoms with van der Waals surface area (Å²) in [6.45, 7) is 8.63. The van der Waals surface area contributed by atoms with Crippen LogP contribution in [0.3, 0.4) is 0 Å². The van der Waals surface area contributed by atoms with Crippen LogP contribution in [0.15, 0.2) is 24.3 Å². The van der Waals surface area contributed by atoms with Crippen LogP contribution in [-0.2, 0) is 0 Å². The molecule has 2 aliphatic carbocycles. The van der Waals surface area contributed by atoms with E-state index in [0.717, 1.165) is 38.5 Å². The number of carbonyl (C=O) groups excluding carboxylic acids is 4. The molecule has 6 nitrogen and oxygen atoms in total.